The normalized spacial score (nSPS) is 11.7. The second-order valence-electron chi connectivity index (χ2n) is 4.90. The van der Waals surface area contributed by atoms with Crippen molar-refractivity contribution in [3.8, 4) is 0 Å². The molecule has 0 N–H and O–H groups in total. The molecule has 0 radical (unpaired) electrons. The first-order valence-electron chi connectivity index (χ1n) is 6.10. The summed E-state index contributed by atoms with van der Waals surface area (Å²) in [5, 5.41) is 6.10. The van der Waals surface area contributed by atoms with E-state index >= 15 is 0 Å². The van der Waals surface area contributed by atoms with Crippen LogP contribution >= 0.6 is 11.3 Å². The third-order valence-electron chi connectivity index (χ3n) is 2.79. The highest BCUT2D eigenvalue weighted by Gasteiger charge is 2.12. The number of hydrogen-bond acceptors (Lipinski definition) is 5. The molecule has 4 nitrogen and oxygen atoms in total. The summed E-state index contributed by atoms with van der Waals surface area (Å²) in [6.45, 7) is 7.88. The Labute approximate surface area is 112 Å². The lowest BCUT2D eigenvalue weighted by atomic mass is 10.2. The summed E-state index contributed by atoms with van der Waals surface area (Å²) in [4.78, 5) is 7.97. The largest absolute Gasteiger partial charge is 0.338 e. The Hall–Kier alpha value is -1.20. The Bertz CT molecular complexity index is 504. The Kier molecular flexibility index (Phi) is 4.14. The van der Waals surface area contributed by atoms with Crippen LogP contribution in [0.4, 0.5) is 0 Å². The van der Waals surface area contributed by atoms with E-state index in [0.717, 1.165) is 12.4 Å². The first-order chi connectivity index (χ1) is 8.56. The molecule has 0 fully saturated rings. The van der Waals surface area contributed by atoms with Gasteiger partial charge in [0.15, 0.2) is 5.82 Å². The van der Waals surface area contributed by atoms with Crippen LogP contribution in [0, 0.1) is 6.92 Å². The van der Waals surface area contributed by atoms with E-state index in [4.69, 9.17) is 4.52 Å². The average Bonchev–Trinajstić information content (AvgIpc) is 2.89. The fraction of sp³-hybridized carbons (Fsp3) is 0.538. The molecule has 5 heteroatoms. The van der Waals surface area contributed by atoms with Gasteiger partial charge in [-0.15, -0.1) is 11.3 Å². The average molecular weight is 265 g/mol. The van der Waals surface area contributed by atoms with Crippen molar-refractivity contribution >= 4 is 11.3 Å². The molecular weight excluding hydrogens is 246 g/mol. The fourth-order valence-electron chi connectivity index (χ4n) is 1.66. The van der Waals surface area contributed by atoms with Gasteiger partial charge < -0.3 is 4.52 Å². The molecule has 98 valence electrons. The minimum Gasteiger partial charge on any atom is -0.338 e. The Morgan fingerprint density at radius 2 is 2.17 bits per heavy atom. The molecule has 0 saturated carbocycles. The van der Waals surface area contributed by atoms with E-state index in [1.807, 2.05) is 0 Å². The minimum atomic E-state index is 0.312. The highest BCUT2D eigenvalue weighted by Crippen LogP contribution is 2.18. The van der Waals surface area contributed by atoms with Gasteiger partial charge in [-0.3, -0.25) is 4.90 Å². The van der Waals surface area contributed by atoms with Crippen molar-refractivity contribution in [1.82, 2.24) is 15.0 Å². The fourth-order valence-corrected chi connectivity index (χ4v) is 2.65. The van der Waals surface area contributed by atoms with Gasteiger partial charge in [-0.05, 0) is 31.0 Å². The molecule has 2 rings (SSSR count). The first kappa shape index (κ1) is 13.2. The number of aryl methyl sites for hydroxylation is 1. The molecule has 0 spiro atoms. The van der Waals surface area contributed by atoms with Crippen LogP contribution in [-0.4, -0.2) is 22.1 Å². The van der Waals surface area contributed by atoms with Gasteiger partial charge in [0.2, 0.25) is 5.89 Å². The van der Waals surface area contributed by atoms with Crippen molar-refractivity contribution in [2.75, 3.05) is 7.05 Å². The number of hydrogen-bond donors (Lipinski definition) is 0. The number of thiophene rings is 1. The maximum Gasteiger partial charge on any atom is 0.240 e. The predicted octanol–water partition coefficient (Wildman–Crippen LogP) is 3.19. The van der Waals surface area contributed by atoms with E-state index in [0.29, 0.717) is 18.4 Å². The lowest BCUT2D eigenvalue weighted by Gasteiger charge is -2.13. The van der Waals surface area contributed by atoms with Crippen molar-refractivity contribution in [3.63, 3.8) is 0 Å². The summed E-state index contributed by atoms with van der Waals surface area (Å²) >= 11 is 1.79. The van der Waals surface area contributed by atoms with Crippen molar-refractivity contribution in [2.24, 2.45) is 0 Å². The molecule has 2 heterocycles. The van der Waals surface area contributed by atoms with E-state index in [1.165, 1.54) is 10.4 Å². The van der Waals surface area contributed by atoms with Crippen molar-refractivity contribution < 1.29 is 4.52 Å². The predicted molar refractivity (Wildman–Crippen MR) is 72.6 cm³/mol. The standard InChI is InChI=1S/C13H19N3OS/c1-9(2)13-14-12(17-15-13)8-16(4)7-11-10(3)5-6-18-11/h5-6,9H,7-8H2,1-4H3. The van der Waals surface area contributed by atoms with Crippen LogP contribution < -0.4 is 0 Å². The van der Waals surface area contributed by atoms with Crippen LogP contribution in [0.2, 0.25) is 0 Å². The SMILES string of the molecule is Cc1ccsc1CN(C)Cc1nc(C(C)C)no1. The highest BCUT2D eigenvalue weighted by atomic mass is 32.1. The Morgan fingerprint density at radius 1 is 1.39 bits per heavy atom. The number of rotatable bonds is 5. The molecule has 18 heavy (non-hydrogen) atoms. The van der Waals surface area contributed by atoms with Gasteiger partial charge in [-0.25, -0.2) is 0 Å². The van der Waals surface area contributed by atoms with Gasteiger partial charge in [0.1, 0.15) is 0 Å². The maximum absolute atomic E-state index is 5.25. The molecule has 2 aromatic heterocycles. The molecular formula is C13H19N3OS. The Morgan fingerprint density at radius 3 is 2.72 bits per heavy atom. The van der Waals surface area contributed by atoms with Gasteiger partial charge >= 0.3 is 0 Å². The van der Waals surface area contributed by atoms with Crippen LogP contribution in [0.15, 0.2) is 16.0 Å². The zero-order chi connectivity index (χ0) is 13.1. The van der Waals surface area contributed by atoms with E-state index in [9.17, 15) is 0 Å². The Balaban J connectivity index is 1.94. The molecule has 2 aromatic rings. The molecule has 0 atom stereocenters. The molecule has 0 aliphatic rings. The van der Waals surface area contributed by atoms with E-state index in [1.54, 1.807) is 11.3 Å². The molecule has 0 unspecified atom stereocenters. The summed E-state index contributed by atoms with van der Waals surface area (Å²) in [5.74, 6) is 1.79. The molecule has 0 aliphatic heterocycles. The van der Waals surface area contributed by atoms with Crippen molar-refractivity contribution in [3.05, 3.63) is 33.6 Å². The van der Waals surface area contributed by atoms with E-state index < -0.39 is 0 Å². The highest BCUT2D eigenvalue weighted by molar-refractivity contribution is 7.10. The van der Waals surface area contributed by atoms with Crippen LogP contribution in [0.3, 0.4) is 0 Å². The number of nitrogens with zero attached hydrogens (tertiary/aromatic N) is 3. The summed E-state index contributed by atoms with van der Waals surface area (Å²) in [7, 11) is 2.07. The molecule has 0 bridgehead atoms. The van der Waals surface area contributed by atoms with Gasteiger partial charge in [0.05, 0.1) is 6.54 Å². The summed E-state index contributed by atoms with van der Waals surface area (Å²) in [6.07, 6.45) is 0. The van der Waals surface area contributed by atoms with Gasteiger partial charge in [-0.1, -0.05) is 19.0 Å². The summed E-state index contributed by atoms with van der Waals surface area (Å²) < 4.78 is 5.25. The quantitative estimate of drug-likeness (QED) is 0.832. The third-order valence-corrected chi connectivity index (χ3v) is 3.79. The van der Waals surface area contributed by atoms with Crippen LogP contribution in [0.1, 0.15) is 41.9 Å². The molecule has 0 aliphatic carbocycles. The van der Waals surface area contributed by atoms with Crippen molar-refractivity contribution in [2.45, 2.75) is 39.8 Å². The van der Waals surface area contributed by atoms with Crippen LogP contribution in [0.5, 0.6) is 0 Å². The zero-order valence-corrected chi connectivity index (χ0v) is 12.1. The topological polar surface area (TPSA) is 42.2 Å². The molecule has 0 aromatic carbocycles. The maximum atomic E-state index is 5.25. The third kappa shape index (κ3) is 3.17. The van der Waals surface area contributed by atoms with Crippen LogP contribution in [-0.2, 0) is 13.1 Å². The van der Waals surface area contributed by atoms with Crippen molar-refractivity contribution in [1.29, 1.82) is 0 Å². The minimum absolute atomic E-state index is 0.312. The first-order valence-corrected chi connectivity index (χ1v) is 6.98. The second-order valence-corrected chi connectivity index (χ2v) is 5.90. The lowest BCUT2D eigenvalue weighted by Crippen LogP contribution is -2.17. The summed E-state index contributed by atoms with van der Waals surface area (Å²) in [6, 6.07) is 2.15. The van der Waals surface area contributed by atoms with Gasteiger partial charge in [-0.2, -0.15) is 4.98 Å². The monoisotopic (exact) mass is 265 g/mol. The van der Waals surface area contributed by atoms with Gasteiger partial charge in [0.25, 0.3) is 0 Å². The van der Waals surface area contributed by atoms with Gasteiger partial charge in [0, 0.05) is 17.3 Å². The van der Waals surface area contributed by atoms with E-state index in [-0.39, 0.29) is 0 Å². The smallest absolute Gasteiger partial charge is 0.240 e. The number of aromatic nitrogens is 2. The lowest BCUT2D eigenvalue weighted by molar-refractivity contribution is 0.261. The zero-order valence-electron chi connectivity index (χ0n) is 11.3. The van der Waals surface area contributed by atoms with Crippen LogP contribution in [0.25, 0.3) is 0 Å². The molecule has 0 amide bonds. The molecule has 0 saturated heterocycles. The second kappa shape index (κ2) is 5.63. The summed E-state index contributed by atoms with van der Waals surface area (Å²) in [5.41, 5.74) is 1.35. The van der Waals surface area contributed by atoms with E-state index in [2.05, 4.69) is 54.3 Å².